The molecule has 188 valence electrons. The summed E-state index contributed by atoms with van der Waals surface area (Å²) >= 11 is 0. The minimum Gasteiger partial charge on any atom is -0.388 e. The molecule has 2 atom stereocenters. The monoisotopic (exact) mass is 485 g/mol. The van der Waals surface area contributed by atoms with Crippen LogP contribution in [0.5, 0.6) is 0 Å². The van der Waals surface area contributed by atoms with Crippen LogP contribution in [-0.2, 0) is 13.1 Å². The fraction of sp³-hybridized carbons (Fsp3) is 0.333. The van der Waals surface area contributed by atoms with Gasteiger partial charge in [0.1, 0.15) is 6.61 Å². The molecule has 1 N–H and O–H groups in total. The number of aliphatic hydroxyl groups excluding tert-OH is 1. The van der Waals surface area contributed by atoms with E-state index >= 15 is 0 Å². The van der Waals surface area contributed by atoms with Gasteiger partial charge in [0.15, 0.2) is 5.78 Å². The second-order valence-electron chi connectivity index (χ2n) is 9.75. The molecule has 1 aliphatic rings. The van der Waals surface area contributed by atoms with Crippen LogP contribution in [0.2, 0.25) is 0 Å². The second-order valence-corrected chi connectivity index (χ2v) is 9.75. The molecule has 1 aliphatic heterocycles. The Morgan fingerprint density at radius 1 is 0.889 bits per heavy atom. The van der Waals surface area contributed by atoms with Gasteiger partial charge in [0, 0.05) is 43.0 Å². The Labute approximate surface area is 213 Å². The summed E-state index contributed by atoms with van der Waals surface area (Å²) in [5, 5.41) is 9.13. The van der Waals surface area contributed by atoms with Crippen molar-refractivity contribution in [2.24, 2.45) is 0 Å². The van der Waals surface area contributed by atoms with Gasteiger partial charge in [0.25, 0.3) is 0 Å². The number of nitrogens with zero attached hydrogens (tertiary/aromatic N) is 3. The summed E-state index contributed by atoms with van der Waals surface area (Å²) in [5.41, 5.74) is 4.60. The fourth-order valence-electron chi connectivity index (χ4n) is 4.92. The molecule has 4 rings (SSSR count). The van der Waals surface area contributed by atoms with Crippen molar-refractivity contribution in [3.8, 4) is 0 Å². The lowest BCUT2D eigenvalue weighted by Crippen LogP contribution is -2.59. The third-order valence-corrected chi connectivity index (χ3v) is 6.88. The summed E-state index contributed by atoms with van der Waals surface area (Å²) in [5.74, 6) is -0.315. The average molecular weight is 486 g/mol. The van der Waals surface area contributed by atoms with Crippen molar-refractivity contribution in [1.82, 2.24) is 9.80 Å². The lowest BCUT2D eigenvalue weighted by molar-refractivity contribution is 0.0508. The van der Waals surface area contributed by atoms with Crippen molar-refractivity contribution in [3.05, 3.63) is 101 Å². The van der Waals surface area contributed by atoms with Crippen molar-refractivity contribution in [2.45, 2.75) is 45.9 Å². The van der Waals surface area contributed by atoms with Gasteiger partial charge in [0.05, 0.1) is 6.54 Å². The minimum atomic E-state index is -0.514. The maximum absolute atomic E-state index is 13.9. The largest absolute Gasteiger partial charge is 0.388 e. The maximum Gasteiger partial charge on any atom is 0.324 e. The van der Waals surface area contributed by atoms with Crippen LogP contribution >= 0.6 is 0 Å². The van der Waals surface area contributed by atoms with Gasteiger partial charge in [-0.2, -0.15) is 0 Å². The smallest absolute Gasteiger partial charge is 0.324 e. The van der Waals surface area contributed by atoms with Gasteiger partial charge in [-0.15, -0.1) is 0 Å². The van der Waals surface area contributed by atoms with E-state index in [1.54, 1.807) is 12.1 Å². The zero-order valence-electron chi connectivity index (χ0n) is 21.3. The topological polar surface area (TPSA) is 64.1 Å². The molecule has 0 spiro atoms. The van der Waals surface area contributed by atoms with E-state index in [1.807, 2.05) is 59.2 Å². The number of ketones is 1. The first-order chi connectivity index (χ1) is 17.4. The highest BCUT2D eigenvalue weighted by molar-refractivity contribution is 5.97. The number of benzene rings is 3. The molecule has 0 aliphatic carbocycles. The number of aryl methyl sites for hydroxylation is 1. The highest BCUT2D eigenvalue weighted by atomic mass is 16.3. The third-order valence-electron chi connectivity index (χ3n) is 6.88. The number of anilines is 1. The number of hydrogen-bond acceptors (Lipinski definition) is 4. The summed E-state index contributed by atoms with van der Waals surface area (Å²) in [7, 11) is 0. The molecule has 1 saturated heterocycles. The van der Waals surface area contributed by atoms with E-state index in [9.17, 15) is 9.59 Å². The average Bonchev–Trinajstić information content (AvgIpc) is 2.89. The number of carbonyl (C=O) groups is 2. The van der Waals surface area contributed by atoms with E-state index in [0.717, 1.165) is 23.4 Å². The predicted molar refractivity (Wildman–Crippen MR) is 143 cm³/mol. The van der Waals surface area contributed by atoms with E-state index in [-0.39, 0.29) is 23.9 Å². The van der Waals surface area contributed by atoms with E-state index in [0.29, 0.717) is 25.2 Å². The van der Waals surface area contributed by atoms with Gasteiger partial charge in [-0.1, -0.05) is 66.7 Å². The SMILES string of the molecule is Cc1cccc(N(Cc2ccc(C(=O)CO)cc2)C(=O)N2C[C@@H](C)N(Cc3ccccc3)[C@@H](C)C2)c1. The number of Topliss-reactive ketones (excluding diaryl/α,β-unsaturated/α-hetero) is 1. The number of piperazine rings is 1. The minimum absolute atomic E-state index is 0.0193. The highest BCUT2D eigenvalue weighted by Gasteiger charge is 2.34. The van der Waals surface area contributed by atoms with Crippen molar-refractivity contribution in [1.29, 1.82) is 0 Å². The fourth-order valence-corrected chi connectivity index (χ4v) is 4.92. The second kappa shape index (κ2) is 11.5. The third kappa shape index (κ3) is 6.01. The zero-order valence-corrected chi connectivity index (χ0v) is 21.3. The molecule has 6 heteroatoms. The number of aliphatic hydroxyl groups is 1. The molecule has 0 aromatic heterocycles. The molecular weight excluding hydrogens is 450 g/mol. The molecule has 0 radical (unpaired) electrons. The van der Waals surface area contributed by atoms with Crippen LogP contribution in [-0.4, -0.2) is 58.5 Å². The van der Waals surface area contributed by atoms with E-state index in [2.05, 4.69) is 43.0 Å². The van der Waals surface area contributed by atoms with E-state index in [4.69, 9.17) is 5.11 Å². The maximum atomic E-state index is 13.9. The Bertz CT molecular complexity index is 1170. The zero-order chi connectivity index (χ0) is 25.7. The molecule has 3 aromatic carbocycles. The molecule has 0 unspecified atom stereocenters. The molecule has 3 aromatic rings. The lowest BCUT2D eigenvalue weighted by atomic mass is 10.1. The Morgan fingerprint density at radius 2 is 1.56 bits per heavy atom. The number of urea groups is 1. The summed E-state index contributed by atoms with van der Waals surface area (Å²) < 4.78 is 0. The molecule has 0 saturated carbocycles. The van der Waals surface area contributed by atoms with Gasteiger partial charge in [-0.3, -0.25) is 14.6 Å². The first-order valence-electron chi connectivity index (χ1n) is 12.5. The Morgan fingerprint density at radius 3 is 2.17 bits per heavy atom. The normalized spacial score (nSPS) is 18.2. The van der Waals surface area contributed by atoms with Gasteiger partial charge >= 0.3 is 6.03 Å². The molecule has 1 fully saturated rings. The highest BCUT2D eigenvalue weighted by Crippen LogP contribution is 2.25. The Balaban J connectivity index is 1.54. The quantitative estimate of drug-likeness (QED) is 0.484. The summed E-state index contributed by atoms with van der Waals surface area (Å²) in [6.07, 6.45) is 0. The van der Waals surface area contributed by atoms with Crippen LogP contribution < -0.4 is 4.90 Å². The van der Waals surface area contributed by atoms with Gasteiger partial charge in [-0.05, 0) is 49.6 Å². The summed E-state index contributed by atoms with van der Waals surface area (Å²) in [6.45, 7) is 8.45. The lowest BCUT2D eigenvalue weighted by Gasteiger charge is -2.45. The van der Waals surface area contributed by atoms with Crippen molar-refractivity contribution < 1.29 is 14.7 Å². The number of rotatable bonds is 7. The van der Waals surface area contributed by atoms with Gasteiger partial charge in [-0.25, -0.2) is 4.79 Å². The Hall–Kier alpha value is -3.48. The van der Waals surface area contributed by atoms with Gasteiger partial charge < -0.3 is 10.0 Å². The molecule has 36 heavy (non-hydrogen) atoms. The summed E-state index contributed by atoms with van der Waals surface area (Å²) in [4.78, 5) is 32.0. The van der Waals surface area contributed by atoms with Crippen LogP contribution in [0, 0.1) is 6.92 Å². The van der Waals surface area contributed by atoms with E-state index < -0.39 is 6.61 Å². The van der Waals surface area contributed by atoms with E-state index in [1.165, 1.54) is 5.56 Å². The van der Waals surface area contributed by atoms with Crippen LogP contribution in [0.4, 0.5) is 10.5 Å². The predicted octanol–water partition coefficient (Wildman–Crippen LogP) is 4.89. The first kappa shape index (κ1) is 25.6. The standard InChI is InChI=1S/C30H35N3O3/c1-22-8-7-11-28(16-22)33(20-26-12-14-27(15-13-26)29(35)21-34)30(36)31-17-23(2)32(24(3)18-31)19-25-9-5-4-6-10-25/h4-16,23-24,34H,17-21H2,1-3H3/t23-,24+. The van der Waals surface area contributed by atoms with Crippen LogP contribution in [0.1, 0.15) is 40.9 Å². The molecule has 2 amide bonds. The van der Waals surface area contributed by atoms with Crippen molar-refractivity contribution in [3.63, 3.8) is 0 Å². The van der Waals surface area contributed by atoms with Crippen LogP contribution in [0.3, 0.4) is 0 Å². The summed E-state index contributed by atoms with van der Waals surface area (Å²) in [6, 6.07) is 26.0. The number of amides is 2. The van der Waals surface area contributed by atoms with Crippen molar-refractivity contribution in [2.75, 3.05) is 24.6 Å². The van der Waals surface area contributed by atoms with Gasteiger partial charge in [0.2, 0.25) is 0 Å². The van der Waals surface area contributed by atoms with Crippen LogP contribution in [0.25, 0.3) is 0 Å². The first-order valence-corrected chi connectivity index (χ1v) is 12.5. The Kier molecular flexibility index (Phi) is 8.18. The molecular formula is C30H35N3O3. The molecule has 1 heterocycles. The molecule has 0 bridgehead atoms. The van der Waals surface area contributed by atoms with Crippen LogP contribution in [0.15, 0.2) is 78.9 Å². The van der Waals surface area contributed by atoms with Crippen molar-refractivity contribution >= 4 is 17.5 Å². The number of hydrogen-bond donors (Lipinski definition) is 1. The molecule has 6 nitrogen and oxygen atoms in total. The number of carbonyl (C=O) groups excluding carboxylic acids is 2.